The number of pyridine rings is 4. The van der Waals surface area contributed by atoms with Gasteiger partial charge in [0, 0.05) is 142 Å². The molecule has 4 heterocycles. The standard InChI is InChI=1S/C60H60N4O8.2C6F4I2.2CHCl3/c1-37-45-25-50(58(29-53(45)65-5)70-34-42-11-19-62-20-12-42)39(3)47-27-52(60(31-55(47)67-7)72-36-44-15-23-64-24-16-44)40(4)48-28-51(59(32-56(48)68-8)71-35-43-13-21-63-22-14-43)38(2)46-26-49(37)57(30-54(46)66-6)69-33-41-9-17-61-18-10-41;2*7-1-2(8)6(12)4(10)3(9)5(1)11;2*2-1(3)4/h9-32,37-40H,33-36H2,1-8H3;;;2*1H/t37-,38-,39-,40-;;;;/m0..../s1. The van der Waals surface area contributed by atoms with Gasteiger partial charge in [0.15, 0.2) is 55.1 Å². The van der Waals surface area contributed by atoms with E-state index in [4.69, 9.17) is 108 Å². The van der Waals surface area contributed by atoms with Crippen molar-refractivity contribution < 1.29 is 73.0 Å². The highest BCUT2D eigenvalue weighted by atomic mass is 127. The van der Waals surface area contributed by atoms with Gasteiger partial charge in [0.1, 0.15) is 72.4 Å². The number of methoxy groups -OCH3 is 4. The Bertz CT molecular complexity index is 3820. The summed E-state index contributed by atoms with van der Waals surface area (Å²) in [4.78, 5) is 16.9. The Kier molecular flexibility index (Phi) is 33.9. The fraction of sp³-hybridized carbons (Fsp3) is 0.243. The number of hydrogen-bond acceptors (Lipinski definition) is 12. The molecule has 8 bridgehead atoms. The monoisotopic (exact) mass is 2000 g/mol. The van der Waals surface area contributed by atoms with Crippen LogP contribution in [0.5, 0.6) is 46.0 Å². The highest BCUT2D eigenvalue weighted by Gasteiger charge is 2.32. The summed E-state index contributed by atoms with van der Waals surface area (Å²) >= 11 is 33.6. The number of nitrogens with zero attached hydrogens (tertiary/aromatic N) is 4. The topological polar surface area (TPSA) is 125 Å². The van der Waals surface area contributed by atoms with E-state index >= 15 is 0 Å². The molecule has 0 unspecified atom stereocenters. The van der Waals surface area contributed by atoms with Gasteiger partial charge in [-0.2, -0.15) is 0 Å². The summed E-state index contributed by atoms with van der Waals surface area (Å²) in [5.41, 5.74) is 11.5. The first-order chi connectivity index (χ1) is 49.6. The van der Waals surface area contributed by atoms with E-state index in [0.29, 0.717) is 72.4 Å². The van der Waals surface area contributed by atoms with Crippen molar-refractivity contribution in [3.63, 3.8) is 0 Å². The Balaban J connectivity index is 0.000000388. The molecule has 0 fully saturated rings. The van der Waals surface area contributed by atoms with Gasteiger partial charge in [0.05, 0.1) is 42.7 Å². The van der Waals surface area contributed by atoms with Crippen molar-refractivity contribution in [1.29, 1.82) is 0 Å². The molecule has 6 aromatic carbocycles. The fourth-order valence-corrected chi connectivity index (χ4v) is 12.6. The minimum absolute atomic E-state index is 0.271. The lowest BCUT2D eigenvalue weighted by atomic mass is 9.80. The quantitative estimate of drug-likeness (QED) is 0.0301. The van der Waals surface area contributed by atoms with Crippen molar-refractivity contribution in [2.45, 2.75) is 86.4 Å². The van der Waals surface area contributed by atoms with Crippen LogP contribution in [0.1, 0.15) is 118 Å². The van der Waals surface area contributed by atoms with Crippen molar-refractivity contribution in [3.8, 4) is 46.0 Å². The second-order valence-corrected chi connectivity index (χ2v) is 30.5. The molecule has 0 aliphatic heterocycles. The molecule has 1 aliphatic rings. The number of rotatable bonds is 16. The summed E-state index contributed by atoms with van der Waals surface area (Å²) in [7, 11) is 6.80. The summed E-state index contributed by atoms with van der Waals surface area (Å²) in [5.74, 6) is -6.49. The van der Waals surface area contributed by atoms with Gasteiger partial charge in [-0.15, -0.1) is 0 Å². The molecule has 4 atom stereocenters. The maximum Gasteiger partial charge on any atom is 0.180 e. The van der Waals surface area contributed by atoms with Crippen LogP contribution in [0.25, 0.3) is 0 Å². The first-order valence-electron chi connectivity index (χ1n) is 30.7. The van der Waals surface area contributed by atoms with E-state index in [2.05, 4.69) is 71.9 Å². The van der Waals surface area contributed by atoms with Crippen molar-refractivity contribution in [2.24, 2.45) is 0 Å². The number of fused-ring (bicyclic) bond motifs is 8. The van der Waals surface area contributed by atoms with Gasteiger partial charge in [0.25, 0.3) is 0 Å². The first kappa shape index (κ1) is 85.7. The van der Waals surface area contributed by atoms with Crippen LogP contribution in [0.15, 0.2) is 147 Å². The zero-order chi connectivity index (χ0) is 76.2. The lowest BCUT2D eigenvalue weighted by Crippen LogP contribution is -2.13. The molecule has 552 valence electrons. The number of hydrogen-bond donors (Lipinski definition) is 0. The highest BCUT2D eigenvalue weighted by Crippen LogP contribution is 2.51. The van der Waals surface area contributed by atoms with E-state index in [1.54, 1.807) is 78.0 Å². The van der Waals surface area contributed by atoms with Crippen LogP contribution >= 0.6 is 160 Å². The van der Waals surface area contributed by atoms with E-state index in [0.717, 1.165) is 66.8 Å². The third kappa shape index (κ3) is 22.3. The zero-order valence-corrected chi connectivity index (χ0v) is 69.2. The van der Waals surface area contributed by atoms with Gasteiger partial charge < -0.3 is 37.9 Å². The minimum Gasteiger partial charge on any atom is -0.496 e. The smallest absolute Gasteiger partial charge is 0.180 e. The Morgan fingerprint density at radius 1 is 0.288 bits per heavy atom. The predicted octanol–water partition coefficient (Wildman–Crippen LogP) is 23.4. The molecule has 30 heteroatoms. The van der Waals surface area contributed by atoms with Crippen LogP contribution in [0.3, 0.4) is 0 Å². The van der Waals surface area contributed by atoms with Crippen LogP contribution in [-0.2, 0) is 26.4 Å². The van der Waals surface area contributed by atoms with Gasteiger partial charge in [-0.1, -0.05) is 97.3 Å². The van der Waals surface area contributed by atoms with E-state index in [-0.39, 0.29) is 23.7 Å². The lowest BCUT2D eigenvalue weighted by molar-refractivity contribution is 0.296. The average molecular weight is 2010 g/mol. The molecular formula is C74H62Cl6F8I4N4O8. The van der Waals surface area contributed by atoms with Crippen molar-refractivity contribution in [1.82, 2.24) is 19.9 Å². The molecule has 4 aromatic heterocycles. The van der Waals surface area contributed by atoms with E-state index in [1.165, 1.54) is 90.4 Å². The van der Waals surface area contributed by atoms with Gasteiger partial charge >= 0.3 is 0 Å². The number of halogens is 18. The molecule has 0 radical (unpaired) electrons. The minimum atomic E-state index is -1.35. The Morgan fingerprint density at radius 3 is 0.577 bits per heavy atom. The molecule has 10 aromatic rings. The molecule has 0 spiro atoms. The summed E-state index contributed by atoms with van der Waals surface area (Å²) < 4.78 is 149. The molecule has 0 amide bonds. The molecular weight excluding hydrogens is 1950 g/mol. The molecule has 0 saturated carbocycles. The Morgan fingerprint density at radius 2 is 0.433 bits per heavy atom. The third-order valence-electron chi connectivity index (χ3n) is 16.1. The summed E-state index contributed by atoms with van der Waals surface area (Å²) in [5, 5.41) is 0. The molecule has 0 saturated heterocycles. The molecule has 1 aliphatic carbocycles. The number of benzene rings is 6. The zero-order valence-electron chi connectivity index (χ0n) is 56.0. The van der Waals surface area contributed by atoms with Gasteiger partial charge in [0.2, 0.25) is 0 Å². The Hall–Kier alpha value is -5.58. The van der Waals surface area contributed by atoms with Crippen LogP contribution in [0.2, 0.25) is 0 Å². The first-order valence-corrected chi connectivity index (χ1v) is 37.6. The molecule has 11 rings (SSSR count). The number of ether oxygens (including phenoxy) is 8. The average Bonchev–Trinajstić information content (AvgIpc) is 0.343. The van der Waals surface area contributed by atoms with Gasteiger partial charge in [-0.25, -0.2) is 35.1 Å². The second kappa shape index (κ2) is 41.1. The van der Waals surface area contributed by atoms with E-state index in [9.17, 15) is 35.1 Å². The van der Waals surface area contributed by atoms with E-state index < -0.39 is 69.4 Å². The largest absolute Gasteiger partial charge is 0.496 e. The summed E-state index contributed by atoms with van der Waals surface area (Å²) in [6.07, 6.45) is 14.2. The highest BCUT2D eigenvalue weighted by molar-refractivity contribution is 14.1. The van der Waals surface area contributed by atoms with E-state index in [1.807, 2.05) is 72.8 Å². The van der Waals surface area contributed by atoms with Crippen LogP contribution < -0.4 is 37.9 Å². The van der Waals surface area contributed by atoms with Crippen molar-refractivity contribution in [3.05, 3.63) is 274 Å². The van der Waals surface area contributed by atoms with Crippen LogP contribution in [-0.4, -0.2) is 57.0 Å². The maximum absolute atomic E-state index is 12.6. The molecule has 0 N–H and O–H groups in total. The molecule has 104 heavy (non-hydrogen) atoms. The SMILES string of the molecule is COc1cc(OCc2ccncc2)c2cc1[C@H](C)c1cc(c(OC)cc1OCc1ccncc1)[C@H](C)c1cc(c(OC)cc1OCc1ccncc1)[C@H](C)c1cc(c(OC)cc1OCc1ccncc1)[C@@H]2C.ClC(Cl)Cl.ClC(Cl)Cl.Fc1c(F)c(I)c(F)c(F)c1I.Fc1c(F)c(I)c(F)c(F)c1I. The summed E-state index contributed by atoms with van der Waals surface area (Å²) in [6.45, 7) is 10.0. The molecule has 12 nitrogen and oxygen atoms in total. The lowest BCUT2D eigenvalue weighted by Gasteiger charge is -2.29. The number of aromatic nitrogens is 4. The fourth-order valence-electron chi connectivity index (χ4n) is 10.7. The van der Waals surface area contributed by atoms with Crippen LogP contribution in [0.4, 0.5) is 35.1 Å². The summed E-state index contributed by atoms with van der Waals surface area (Å²) in [6, 6.07) is 32.6. The third-order valence-corrected chi connectivity index (χ3v) is 19.9. The van der Waals surface area contributed by atoms with Crippen molar-refractivity contribution in [2.75, 3.05) is 28.4 Å². The normalized spacial score (nSPS) is 14.2. The van der Waals surface area contributed by atoms with Crippen LogP contribution in [0, 0.1) is 60.8 Å². The second-order valence-electron chi connectivity index (χ2n) is 22.3. The number of alkyl halides is 6. The van der Waals surface area contributed by atoms with Gasteiger partial charge in [-0.05, 0) is 185 Å². The van der Waals surface area contributed by atoms with Gasteiger partial charge in [-0.3, -0.25) is 19.9 Å². The Labute approximate surface area is 681 Å². The predicted molar refractivity (Wildman–Crippen MR) is 422 cm³/mol. The van der Waals surface area contributed by atoms with Crippen molar-refractivity contribution >= 4 is 160 Å². The maximum atomic E-state index is 12.6.